The molecule has 0 radical (unpaired) electrons. The Morgan fingerprint density at radius 1 is 1.15 bits per heavy atom. The maximum absolute atomic E-state index is 5.95. The third-order valence-electron chi connectivity index (χ3n) is 4.15. The Morgan fingerprint density at radius 3 is 2.69 bits per heavy atom. The van der Waals surface area contributed by atoms with Crippen LogP contribution in [0.3, 0.4) is 0 Å². The quantitative estimate of drug-likeness (QED) is 0.389. The topological polar surface area (TPSA) is 54.9 Å². The lowest BCUT2D eigenvalue weighted by molar-refractivity contribution is 0.235. The van der Waals surface area contributed by atoms with Crippen molar-refractivity contribution in [1.29, 1.82) is 0 Å². The number of rotatable bonds is 6. The van der Waals surface area contributed by atoms with Gasteiger partial charge in [0.25, 0.3) is 0 Å². The molecule has 2 aromatic rings. The number of fused-ring (bicyclic) bond motifs is 1. The van der Waals surface area contributed by atoms with Crippen molar-refractivity contribution in [2.24, 2.45) is 4.99 Å². The molecule has 0 spiro atoms. The van der Waals surface area contributed by atoms with Gasteiger partial charge in [0.15, 0.2) is 5.96 Å². The second-order valence-electron chi connectivity index (χ2n) is 5.90. The lowest BCUT2D eigenvalue weighted by Crippen LogP contribution is -2.42. The molecule has 1 unspecified atom stereocenters. The van der Waals surface area contributed by atoms with Crippen molar-refractivity contribution in [2.75, 3.05) is 20.2 Å². The summed E-state index contributed by atoms with van der Waals surface area (Å²) in [5.41, 5.74) is 2.37. The minimum absolute atomic E-state index is 0. The van der Waals surface area contributed by atoms with E-state index in [0.717, 1.165) is 29.4 Å². The summed E-state index contributed by atoms with van der Waals surface area (Å²) in [4.78, 5) is 4.29. The Morgan fingerprint density at radius 2 is 1.92 bits per heavy atom. The molecule has 1 aliphatic heterocycles. The Bertz CT molecular complexity index is 712. The summed E-state index contributed by atoms with van der Waals surface area (Å²) in [7, 11) is 1.77. The molecule has 0 aliphatic carbocycles. The Hall–Kier alpha value is -1.96. The summed E-state index contributed by atoms with van der Waals surface area (Å²) in [6, 6.07) is 16.2. The van der Waals surface area contributed by atoms with Gasteiger partial charge in [-0.05, 0) is 24.6 Å². The summed E-state index contributed by atoms with van der Waals surface area (Å²) in [5, 5.41) is 6.67. The molecule has 0 fully saturated rings. The molecular formula is C20H26IN3O2. The highest BCUT2D eigenvalue weighted by atomic mass is 127. The molecule has 0 bridgehead atoms. The van der Waals surface area contributed by atoms with Crippen LogP contribution in [0.15, 0.2) is 53.5 Å². The first-order chi connectivity index (χ1) is 12.3. The molecule has 1 heterocycles. The molecule has 0 amide bonds. The molecule has 26 heavy (non-hydrogen) atoms. The van der Waals surface area contributed by atoms with Gasteiger partial charge in [-0.2, -0.15) is 0 Å². The van der Waals surface area contributed by atoms with Gasteiger partial charge < -0.3 is 20.1 Å². The van der Waals surface area contributed by atoms with Crippen molar-refractivity contribution in [1.82, 2.24) is 10.6 Å². The highest BCUT2D eigenvalue weighted by Gasteiger charge is 2.22. The van der Waals surface area contributed by atoms with E-state index in [0.29, 0.717) is 19.7 Å². The van der Waals surface area contributed by atoms with Crippen LogP contribution in [0.4, 0.5) is 0 Å². The number of nitrogens with one attached hydrogen (secondary N) is 2. The first-order valence-electron chi connectivity index (χ1n) is 8.70. The zero-order valence-corrected chi connectivity index (χ0v) is 17.5. The molecule has 5 nitrogen and oxygen atoms in total. The number of hydrogen-bond acceptors (Lipinski definition) is 3. The zero-order chi connectivity index (χ0) is 17.5. The third-order valence-corrected chi connectivity index (χ3v) is 4.15. The van der Waals surface area contributed by atoms with Gasteiger partial charge in [0.1, 0.15) is 17.6 Å². The van der Waals surface area contributed by atoms with Crippen LogP contribution in [-0.2, 0) is 13.0 Å². The molecule has 2 aromatic carbocycles. The van der Waals surface area contributed by atoms with E-state index >= 15 is 0 Å². The van der Waals surface area contributed by atoms with E-state index in [4.69, 9.17) is 9.47 Å². The van der Waals surface area contributed by atoms with Crippen LogP contribution < -0.4 is 20.1 Å². The highest BCUT2D eigenvalue weighted by molar-refractivity contribution is 14.0. The molecule has 3 rings (SSSR count). The lowest BCUT2D eigenvalue weighted by Gasteiger charge is -2.16. The van der Waals surface area contributed by atoms with Crippen molar-refractivity contribution in [2.45, 2.75) is 26.0 Å². The highest BCUT2D eigenvalue weighted by Crippen LogP contribution is 2.27. The molecule has 1 aliphatic rings. The fourth-order valence-electron chi connectivity index (χ4n) is 2.92. The Balaban J connectivity index is 0.00000243. The number of hydrogen-bond donors (Lipinski definition) is 2. The van der Waals surface area contributed by atoms with E-state index in [1.54, 1.807) is 7.05 Å². The van der Waals surface area contributed by atoms with E-state index < -0.39 is 0 Å². The first kappa shape index (κ1) is 20.4. The lowest BCUT2D eigenvalue weighted by atomic mass is 10.1. The standard InChI is InChI=1S/C20H25N3O2.HI/c1-3-24-18-10-6-5-9-16(18)13-22-20(21-2)23-14-17-12-15-8-4-7-11-19(15)25-17;/h4-11,17H,3,12-14H2,1-2H3,(H2,21,22,23);1H. The second kappa shape index (κ2) is 10.3. The molecule has 6 heteroatoms. The average Bonchev–Trinajstić information content (AvgIpc) is 3.06. The van der Waals surface area contributed by atoms with Crippen LogP contribution in [-0.4, -0.2) is 32.3 Å². The smallest absolute Gasteiger partial charge is 0.191 e. The van der Waals surface area contributed by atoms with Crippen molar-refractivity contribution in [3.63, 3.8) is 0 Å². The van der Waals surface area contributed by atoms with Crippen LogP contribution in [0.25, 0.3) is 0 Å². The number of aliphatic imine (C=N–C) groups is 1. The summed E-state index contributed by atoms with van der Waals surface area (Å²) >= 11 is 0. The van der Waals surface area contributed by atoms with E-state index in [9.17, 15) is 0 Å². The predicted octanol–water partition coefficient (Wildman–Crippen LogP) is 3.37. The number of nitrogens with zero attached hydrogens (tertiary/aromatic N) is 1. The monoisotopic (exact) mass is 467 g/mol. The Kier molecular flexibility index (Phi) is 8.03. The minimum Gasteiger partial charge on any atom is -0.494 e. The van der Waals surface area contributed by atoms with E-state index in [-0.39, 0.29) is 30.1 Å². The van der Waals surface area contributed by atoms with Crippen LogP contribution in [0.2, 0.25) is 0 Å². The molecule has 0 saturated carbocycles. The average molecular weight is 467 g/mol. The number of guanidine groups is 1. The third kappa shape index (κ3) is 5.27. The van der Waals surface area contributed by atoms with Gasteiger partial charge in [0.2, 0.25) is 0 Å². The van der Waals surface area contributed by atoms with Crippen LogP contribution in [0.5, 0.6) is 11.5 Å². The van der Waals surface area contributed by atoms with Gasteiger partial charge in [-0.3, -0.25) is 4.99 Å². The minimum atomic E-state index is 0. The maximum Gasteiger partial charge on any atom is 0.191 e. The Labute approximate surface area is 172 Å². The van der Waals surface area contributed by atoms with Gasteiger partial charge in [0.05, 0.1) is 13.2 Å². The van der Waals surface area contributed by atoms with Crippen molar-refractivity contribution < 1.29 is 9.47 Å². The van der Waals surface area contributed by atoms with Crippen LogP contribution in [0.1, 0.15) is 18.1 Å². The largest absolute Gasteiger partial charge is 0.494 e. The van der Waals surface area contributed by atoms with E-state index in [2.05, 4.69) is 27.8 Å². The van der Waals surface area contributed by atoms with Gasteiger partial charge in [0, 0.05) is 25.6 Å². The molecule has 1 atom stereocenters. The summed E-state index contributed by atoms with van der Waals surface area (Å²) in [5.74, 6) is 2.65. The molecule has 0 saturated heterocycles. The van der Waals surface area contributed by atoms with Crippen molar-refractivity contribution >= 4 is 29.9 Å². The summed E-state index contributed by atoms with van der Waals surface area (Å²) in [6.45, 7) is 4.01. The van der Waals surface area contributed by atoms with E-state index in [1.165, 1.54) is 5.56 Å². The molecular weight excluding hydrogens is 441 g/mol. The number of ether oxygens (including phenoxy) is 2. The molecule has 0 aromatic heterocycles. The van der Waals surface area contributed by atoms with Crippen LogP contribution in [0, 0.1) is 0 Å². The maximum atomic E-state index is 5.95. The normalized spacial score (nSPS) is 15.5. The SMILES string of the molecule is CCOc1ccccc1CNC(=NC)NCC1Cc2ccccc2O1.I. The fourth-order valence-corrected chi connectivity index (χ4v) is 2.92. The number of benzene rings is 2. The zero-order valence-electron chi connectivity index (χ0n) is 15.2. The second-order valence-corrected chi connectivity index (χ2v) is 5.90. The number of para-hydroxylation sites is 2. The fraction of sp³-hybridized carbons (Fsp3) is 0.350. The summed E-state index contributed by atoms with van der Waals surface area (Å²) < 4.78 is 11.6. The molecule has 140 valence electrons. The van der Waals surface area contributed by atoms with E-state index in [1.807, 2.05) is 43.3 Å². The van der Waals surface area contributed by atoms with Crippen molar-refractivity contribution in [3.05, 3.63) is 59.7 Å². The van der Waals surface area contributed by atoms with Gasteiger partial charge >= 0.3 is 0 Å². The van der Waals surface area contributed by atoms with Crippen molar-refractivity contribution in [3.8, 4) is 11.5 Å². The van der Waals surface area contributed by atoms with Gasteiger partial charge in [-0.25, -0.2) is 0 Å². The molecule has 2 N–H and O–H groups in total. The van der Waals surface area contributed by atoms with Gasteiger partial charge in [-0.15, -0.1) is 24.0 Å². The number of halogens is 1. The van der Waals surface area contributed by atoms with Gasteiger partial charge in [-0.1, -0.05) is 36.4 Å². The predicted molar refractivity (Wildman–Crippen MR) is 116 cm³/mol. The summed E-state index contributed by atoms with van der Waals surface area (Å²) in [6.07, 6.45) is 1.06. The first-order valence-corrected chi connectivity index (χ1v) is 8.70. The van der Waals surface area contributed by atoms with Crippen LogP contribution >= 0.6 is 24.0 Å².